The Labute approximate surface area is 134 Å². The number of hydrogen-bond acceptors (Lipinski definition) is 3. The number of rotatable bonds is 2. The van der Waals surface area contributed by atoms with E-state index >= 15 is 0 Å². The van der Waals surface area contributed by atoms with Crippen molar-refractivity contribution < 1.29 is 0 Å². The number of aromatic nitrogens is 1. The van der Waals surface area contributed by atoms with Crippen molar-refractivity contribution in [1.29, 1.82) is 5.26 Å². The van der Waals surface area contributed by atoms with Crippen LogP contribution in [0.1, 0.15) is 18.2 Å². The first-order valence-electron chi connectivity index (χ1n) is 7.11. The molecule has 22 heavy (non-hydrogen) atoms. The summed E-state index contributed by atoms with van der Waals surface area (Å²) in [7, 11) is 1.95. The average molecular weight is 313 g/mol. The van der Waals surface area contributed by atoms with Crippen LogP contribution in [0.4, 0.5) is 0 Å². The van der Waals surface area contributed by atoms with Gasteiger partial charge in [0.1, 0.15) is 6.07 Å². The van der Waals surface area contributed by atoms with Gasteiger partial charge < -0.3 is 15.6 Å². The number of halogens is 1. The lowest BCUT2D eigenvalue weighted by Gasteiger charge is -2.19. The summed E-state index contributed by atoms with van der Waals surface area (Å²) >= 11 is 6.09. The molecular weight excluding hydrogens is 296 g/mol. The number of nitrogens with zero attached hydrogens (tertiary/aromatic N) is 2. The van der Waals surface area contributed by atoms with Crippen molar-refractivity contribution in [2.45, 2.75) is 13.0 Å². The lowest BCUT2D eigenvalue weighted by molar-refractivity contribution is 0.780. The van der Waals surface area contributed by atoms with Gasteiger partial charge in [-0.05, 0) is 36.8 Å². The van der Waals surface area contributed by atoms with Crippen LogP contribution in [-0.4, -0.2) is 17.2 Å². The van der Waals surface area contributed by atoms with Crippen LogP contribution in [0.2, 0.25) is 5.02 Å². The third-order valence-electron chi connectivity index (χ3n) is 4.04. The fourth-order valence-electron chi connectivity index (χ4n) is 2.86. The fraction of sp³-hybridized carbons (Fsp3) is 0.235. The van der Waals surface area contributed by atoms with Gasteiger partial charge >= 0.3 is 0 Å². The van der Waals surface area contributed by atoms with Crippen molar-refractivity contribution in [3.8, 4) is 6.07 Å². The standard InChI is InChI=1S/C17H17ClN4/c1-10(20)11-5-12(9-21-8-11)17-15(7-19)14-4-3-13(18)6-16(14)22(17)2/h3-6,9-10,21H,8,20H2,1-2H3. The SMILES string of the molecule is CC(N)C1=CC(c2c(C#N)c3ccc(Cl)cc3n2C)=CNC1. The third kappa shape index (κ3) is 2.29. The van der Waals surface area contributed by atoms with Crippen LogP contribution in [0.3, 0.4) is 0 Å². The third-order valence-corrected chi connectivity index (χ3v) is 4.27. The second kappa shape index (κ2) is 5.53. The Kier molecular flexibility index (Phi) is 3.69. The highest BCUT2D eigenvalue weighted by molar-refractivity contribution is 6.31. The molecule has 1 unspecified atom stereocenters. The van der Waals surface area contributed by atoms with Crippen LogP contribution in [0.15, 0.2) is 36.0 Å². The summed E-state index contributed by atoms with van der Waals surface area (Å²) in [4.78, 5) is 0. The minimum absolute atomic E-state index is 0.0223. The van der Waals surface area contributed by atoms with Gasteiger partial charge in [0.15, 0.2) is 0 Å². The molecule has 0 bridgehead atoms. The number of nitriles is 1. The molecule has 0 radical (unpaired) electrons. The number of benzene rings is 1. The van der Waals surface area contributed by atoms with E-state index in [9.17, 15) is 5.26 Å². The zero-order valence-electron chi connectivity index (χ0n) is 12.5. The van der Waals surface area contributed by atoms with Crippen molar-refractivity contribution in [3.63, 3.8) is 0 Å². The second-order valence-corrected chi connectivity index (χ2v) is 5.98. The van der Waals surface area contributed by atoms with Gasteiger partial charge in [-0.2, -0.15) is 5.26 Å². The molecule has 0 spiro atoms. The highest BCUT2D eigenvalue weighted by Gasteiger charge is 2.20. The summed E-state index contributed by atoms with van der Waals surface area (Å²) in [6, 6.07) is 7.89. The predicted octanol–water partition coefficient (Wildman–Crippen LogP) is 2.92. The Balaban J connectivity index is 2.26. The number of dihydropyridines is 1. The molecule has 0 amide bonds. The molecule has 0 aliphatic carbocycles. The van der Waals surface area contributed by atoms with Crippen LogP contribution < -0.4 is 11.1 Å². The zero-order chi connectivity index (χ0) is 15.9. The van der Waals surface area contributed by atoms with E-state index in [1.54, 1.807) is 0 Å². The van der Waals surface area contributed by atoms with Crippen LogP contribution in [0, 0.1) is 11.3 Å². The second-order valence-electron chi connectivity index (χ2n) is 5.54. The normalized spacial score (nSPS) is 15.8. The minimum atomic E-state index is -0.0223. The minimum Gasteiger partial charge on any atom is -0.387 e. The first-order valence-corrected chi connectivity index (χ1v) is 7.48. The predicted molar refractivity (Wildman–Crippen MR) is 90.4 cm³/mol. The Morgan fingerprint density at radius 2 is 2.23 bits per heavy atom. The molecule has 3 rings (SSSR count). The number of allylic oxidation sites excluding steroid dienone is 2. The molecule has 0 saturated heterocycles. The molecule has 1 aliphatic heterocycles. The van der Waals surface area contributed by atoms with Crippen LogP contribution in [0.25, 0.3) is 16.5 Å². The molecule has 1 aliphatic rings. The molecule has 5 heteroatoms. The number of fused-ring (bicyclic) bond motifs is 1. The van der Waals surface area contributed by atoms with E-state index in [-0.39, 0.29) is 6.04 Å². The fourth-order valence-corrected chi connectivity index (χ4v) is 3.03. The van der Waals surface area contributed by atoms with Crippen molar-refractivity contribution in [1.82, 2.24) is 9.88 Å². The molecular formula is C17H17ClN4. The smallest absolute Gasteiger partial charge is 0.102 e. The van der Waals surface area contributed by atoms with Gasteiger partial charge in [-0.15, -0.1) is 0 Å². The summed E-state index contributed by atoms with van der Waals surface area (Å²) in [6.45, 7) is 2.70. The van der Waals surface area contributed by atoms with Crippen molar-refractivity contribution in [3.05, 3.63) is 52.3 Å². The maximum absolute atomic E-state index is 9.62. The lowest BCUT2D eigenvalue weighted by atomic mass is 9.99. The summed E-state index contributed by atoms with van der Waals surface area (Å²) in [6.07, 6.45) is 4.00. The van der Waals surface area contributed by atoms with Gasteiger partial charge in [0.25, 0.3) is 0 Å². The molecule has 3 N–H and O–H groups in total. The van der Waals surface area contributed by atoms with Crippen molar-refractivity contribution in [2.75, 3.05) is 6.54 Å². The number of nitrogens with one attached hydrogen (secondary N) is 1. The van der Waals surface area contributed by atoms with Gasteiger partial charge in [0.05, 0.1) is 16.8 Å². The van der Waals surface area contributed by atoms with Gasteiger partial charge in [-0.25, -0.2) is 0 Å². The van der Waals surface area contributed by atoms with Crippen molar-refractivity contribution in [2.24, 2.45) is 12.8 Å². The molecule has 2 aromatic rings. The van der Waals surface area contributed by atoms with E-state index in [1.165, 1.54) is 0 Å². The molecule has 1 aromatic carbocycles. The van der Waals surface area contributed by atoms with Gasteiger partial charge in [0, 0.05) is 41.8 Å². The van der Waals surface area contributed by atoms with E-state index in [0.717, 1.165) is 34.3 Å². The van der Waals surface area contributed by atoms with Crippen LogP contribution in [-0.2, 0) is 7.05 Å². The lowest BCUT2D eigenvalue weighted by Crippen LogP contribution is -2.27. The first-order chi connectivity index (χ1) is 10.5. The quantitative estimate of drug-likeness (QED) is 0.896. The highest BCUT2D eigenvalue weighted by Crippen LogP contribution is 2.33. The first kappa shape index (κ1) is 14.7. The van der Waals surface area contributed by atoms with Crippen LogP contribution in [0.5, 0.6) is 0 Å². The summed E-state index contributed by atoms with van der Waals surface area (Å²) < 4.78 is 2.01. The summed E-state index contributed by atoms with van der Waals surface area (Å²) in [5.41, 5.74) is 10.5. The number of hydrogen-bond donors (Lipinski definition) is 2. The number of nitrogens with two attached hydrogens (primary N) is 1. The molecule has 112 valence electrons. The van der Waals surface area contributed by atoms with Gasteiger partial charge in [-0.3, -0.25) is 0 Å². The Morgan fingerprint density at radius 3 is 2.91 bits per heavy atom. The molecule has 0 fully saturated rings. The summed E-state index contributed by atoms with van der Waals surface area (Å²) in [5.74, 6) is 0. The Hall–Kier alpha value is -2.22. The van der Waals surface area contributed by atoms with E-state index < -0.39 is 0 Å². The van der Waals surface area contributed by atoms with Gasteiger partial charge in [0.2, 0.25) is 0 Å². The number of aryl methyl sites for hydroxylation is 1. The largest absolute Gasteiger partial charge is 0.387 e. The van der Waals surface area contributed by atoms with Gasteiger partial charge in [-0.1, -0.05) is 11.6 Å². The van der Waals surface area contributed by atoms with E-state index in [1.807, 2.05) is 42.9 Å². The summed E-state index contributed by atoms with van der Waals surface area (Å²) in [5, 5.41) is 14.4. The molecule has 1 aromatic heterocycles. The topological polar surface area (TPSA) is 66.8 Å². The average Bonchev–Trinajstić information content (AvgIpc) is 2.79. The highest BCUT2D eigenvalue weighted by atomic mass is 35.5. The Bertz CT molecular complexity index is 850. The van der Waals surface area contributed by atoms with E-state index in [0.29, 0.717) is 10.6 Å². The molecule has 0 saturated carbocycles. The van der Waals surface area contributed by atoms with Crippen LogP contribution >= 0.6 is 11.6 Å². The van der Waals surface area contributed by atoms with Crippen molar-refractivity contribution >= 4 is 28.1 Å². The molecule has 2 heterocycles. The Morgan fingerprint density at radius 1 is 1.45 bits per heavy atom. The maximum atomic E-state index is 9.62. The monoisotopic (exact) mass is 312 g/mol. The van der Waals surface area contributed by atoms with E-state index in [2.05, 4.69) is 17.5 Å². The molecule has 1 atom stereocenters. The maximum Gasteiger partial charge on any atom is 0.102 e. The molecule has 4 nitrogen and oxygen atoms in total. The van der Waals surface area contributed by atoms with E-state index in [4.69, 9.17) is 17.3 Å². The zero-order valence-corrected chi connectivity index (χ0v) is 13.3.